The topological polar surface area (TPSA) is 69.8 Å². The SMILES string of the molecule is CCCN(CCC)C(=O)c1cc(CN2CCC(O)CC2)on1. The molecule has 0 radical (unpaired) electrons. The van der Waals surface area contributed by atoms with Gasteiger partial charge in [0.1, 0.15) is 0 Å². The van der Waals surface area contributed by atoms with E-state index in [2.05, 4.69) is 23.9 Å². The second-order valence-corrected chi connectivity index (χ2v) is 5.98. The highest BCUT2D eigenvalue weighted by molar-refractivity contribution is 5.92. The molecule has 1 fully saturated rings. The molecule has 0 atom stereocenters. The van der Waals surface area contributed by atoms with Crippen LogP contribution in [0.25, 0.3) is 0 Å². The van der Waals surface area contributed by atoms with Crippen LogP contribution in [0.3, 0.4) is 0 Å². The summed E-state index contributed by atoms with van der Waals surface area (Å²) in [7, 11) is 0. The van der Waals surface area contributed by atoms with Crippen molar-refractivity contribution in [3.63, 3.8) is 0 Å². The number of carbonyl (C=O) groups excluding carboxylic acids is 1. The summed E-state index contributed by atoms with van der Waals surface area (Å²) in [6.45, 7) is 7.97. The van der Waals surface area contributed by atoms with E-state index in [1.54, 1.807) is 6.07 Å². The molecule has 0 bridgehead atoms. The van der Waals surface area contributed by atoms with Crippen molar-refractivity contribution in [1.82, 2.24) is 15.0 Å². The Balaban J connectivity index is 1.93. The maximum atomic E-state index is 12.4. The van der Waals surface area contributed by atoms with Gasteiger partial charge < -0.3 is 14.5 Å². The number of rotatable bonds is 7. The van der Waals surface area contributed by atoms with Crippen molar-refractivity contribution >= 4 is 5.91 Å². The van der Waals surface area contributed by atoms with Crippen LogP contribution >= 0.6 is 0 Å². The lowest BCUT2D eigenvalue weighted by Gasteiger charge is -2.28. The molecule has 1 aliphatic rings. The Labute approximate surface area is 132 Å². The Kier molecular flexibility index (Phi) is 6.39. The predicted octanol–water partition coefficient (Wildman–Crippen LogP) is 1.89. The lowest BCUT2D eigenvalue weighted by Crippen LogP contribution is -2.35. The van der Waals surface area contributed by atoms with Gasteiger partial charge in [-0.25, -0.2) is 0 Å². The second-order valence-electron chi connectivity index (χ2n) is 5.98. The zero-order valence-corrected chi connectivity index (χ0v) is 13.6. The molecule has 6 heteroatoms. The van der Waals surface area contributed by atoms with Crippen molar-refractivity contribution in [2.24, 2.45) is 0 Å². The van der Waals surface area contributed by atoms with E-state index in [9.17, 15) is 9.90 Å². The summed E-state index contributed by atoms with van der Waals surface area (Å²) in [4.78, 5) is 16.5. The van der Waals surface area contributed by atoms with Crippen molar-refractivity contribution in [2.45, 2.75) is 52.2 Å². The molecule has 2 rings (SSSR count). The first kappa shape index (κ1) is 17.0. The van der Waals surface area contributed by atoms with E-state index in [1.807, 2.05) is 4.90 Å². The molecule has 0 aromatic carbocycles. The highest BCUT2D eigenvalue weighted by Crippen LogP contribution is 2.15. The Hall–Kier alpha value is -1.40. The molecule has 1 aromatic rings. The third-order valence-electron chi connectivity index (χ3n) is 3.99. The normalized spacial score (nSPS) is 16.9. The average Bonchev–Trinajstić information content (AvgIpc) is 2.97. The molecule has 1 aliphatic heterocycles. The first-order chi connectivity index (χ1) is 10.6. The van der Waals surface area contributed by atoms with Gasteiger partial charge in [-0.05, 0) is 25.7 Å². The Morgan fingerprint density at radius 2 is 2.00 bits per heavy atom. The summed E-state index contributed by atoms with van der Waals surface area (Å²) in [6, 6.07) is 1.76. The predicted molar refractivity (Wildman–Crippen MR) is 83.5 cm³/mol. The average molecular weight is 309 g/mol. The molecule has 0 unspecified atom stereocenters. The van der Waals surface area contributed by atoms with Crippen LogP contribution in [0.2, 0.25) is 0 Å². The summed E-state index contributed by atoms with van der Waals surface area (Å²) >= 11 is 0. The molecule has 1 N–H and O–H groups in total. The Morgan fingerprint density at radius 3 is 2.59 bits per heavy atom. The summed E-state index contributed by atoms with van der Waals surface area (Å²) in [5, 5.41) is 13.5. The third-order valence-corrected chi connectivity index (χ3v) is 3.99. The van der Waals surface area contributed by atoms with Crippen molar-refractivity contribution in [1.29, 1.82) is 0 Å². The molecule has 1 aromatic heterocycles. The molecular formula is C16H27N3O3. The summed E-state index contributed by atoms with van der Waals surface area (Å²) in [5.41, 5.74) is 0.397. The van der Waals surface area contributed by atoms with E-state index in [-0.39, 0.29) is 12.0 Å². The Bertz CT molecular complexity index is 461. The highest BCUT2D eigenvalue weighted by atomic mass is 16.5. The molecule has 1 saturated heterocycles. The van der Waals surface area contributed by atoms with Gasteiger partial charge in [-0.3, -0.25) is 9.69 Å². The maximum Gasteiger partial charge on any atom is 0.276 e. The van der Waals surface area contributed by atoms with Gasteiger partial charge in [0.2, 0.25) is 0 Å². The summed E-state index contributed by atoms with van der Waals surface area (Å²) in [6.07, 6.45) is 3.28. The van der Waals surface area contributed by atoms with Crippen LogP contribution < -0.4 is 0 Å². The van der Waals surface area contributed by atoms with E-state index >= 15 is 0 Å². The van der Waals surface area contributed by atoms with E-state index in [0.29, 0.717) is 18.0 Å². The van der Waals surface area contributed by atoms with Gasteiger partial charge in [-0.1, -0.05) is 19.0 Å². The minimum absolute atomic E-state index is 0.0484. The fourth-order valence-corrected chi connectivity index (χ4v) is 2.80. The lowest BCUT2D eigenvalue weighted by molar-refractivity contribution is 0.0733. The van der Waals surface area contributed by atoms with Crippen molar-refractivity contribution in [3.05, 3.63) is 17.5 Å². The van der Waals surface area contributed by atoms with Crippen molar-refractivity contribution < 1.29 is 14.4 Å². The number of amides is 1. The molecule has 2 heterocycles. The van der Waals surface area contributed by atoms with Gasteiger partial charge in [0.25, 0.3) is 5.91 Å². The van der Waals surface area contributed by atoms with Gasteiger partial charge in [0.05, 0.1) is 12.6 Å². The Morgan fingerprint density at radius 1 is 1.36 bits per heavy atom. The first-order valence-electron chi connectivity index (χ1n) is 8.29. The van der Waals surface area contributed by atoms with Gasteiger partial charge in [-0.15, -0.1) is 0 Å². The maximum absolute atomic E-state index is 12.4. The van der Waals surface area contributed by atoms with Gasteiger partial charge >= 0.3 is 0 Å². The number of nitrogens with zero attached hydrogens (tertiary/aromatic N) is 3. The number of aromatic nitrogens is 1. The van der Waals surface area contributed by atoms with Crippen LogP contribution in [-0.4, -0.2) is 58.3 Å². The number of hydrogen-bond acceptors (Lipinski definition) is 5. The minimum atomic E-state index is -0.181. The fraction of sp³-hybridized carbons (Fsp3) is 0.750. The fourth-order valence-electron chi connectivity index (χ4n) is 2.80. The second kappa shape index (κ2) is 8.29. The van der Waals surface area contributed by atoms with Crippen LogP contribution in [-0.2, 0) is 6.54 Å². The molecule has 22 heavy (non-hydrogen) atoms. The number of piperidine rings is 1. The van der Waals surface area contributed by atoms with Crippen molar-refractivity contribution in [3.8, 4) is 0 Å². The molecule has 6 nitrogen and oxygen atoms in total. The molecular weight excluding hydrogens is 282 g/mol. The van der Waals surface area contributed by atoms with Crippen LogP contribution in [0.4, 0.5) is 0 Å². The molecule has 0 aliphatic carbocycles. The summed E-state index contributed by atoms with van der Waals surface area (Å²) in [5.74, 6) is 0.667. The first-order valence-corrected chi connectivity index (χ1v) is 8.29. The van der Waals surface area contributed by atoms with Crippen LogP contribution in [0.5, 0.6) is 0 Å². The largest absolute Gasteiger partial charge is 0.393 e. The number of aliphatic hydroxyl groups is 1. The number of likely N-dealkylation sites (tertiary alicyclic amines) is 1. The third kappa shape index (κ3) is 4.55. The monoisotopic (exact) mass is 309 g/mol. The zero-order chi connectivity index (χ0) is 15.9. The number of hydrogen-bond donors (Lipinski definition) is 1. The zero-order valence-electron chi connectivity index (χ0n) is 13.6. The van der Waals surface area contributed by atoms with E-state index in [1.165, 1.54) is 0 Å². The van der Waals surface area contributed by atoms with Crippen LogP contribution in [0.1, 0.15) is 55.8 Å². The van der Waals surface area contributed by atoms with Gasteiger partial charge in [-0.2, -0.15) is 0 Å². The van der Waals surface area contributed by atoms with Crippen molar-refractivity contribution in [2.75, 3.05) is 26.2 Å². The smallest absolute Gasteiger partial charge is 0.276 e. The standard InChI is InChI=1S/C16H27N3O3/c1-3-7-19(8-4-2)16(21)15-11-14(22-17-15)12-18-9-5-13(20)6-10-18/h11,13,20H,3-10,12H2,1-2H3. The quantitative estimate of drug-likeness (QED) is 0.833. The highest BCUT2D eigenvalue weighted by Gasteiger charge is 2.21. The molecule has 1 amide bonds. The summed E-state index contributed by atoms with van der Waals surface area (Å²) < 4.78 is 5.32. The van der Waals surface area contributed by atoms with E-state index < -0.39 is 0 Å². The molecule has 0 spiro atoms. The van der Waals surface area contributed by atoms with Gasteiger partial charge in [0, 0.05) is 32.2 Å². The molecule has 124 valence electrons. The lowest BCUT2D eigenvalue weighted by atomic mass is 10.1. The number of aliphatic hydroxyl groups excluding tert-OH is 1. The van der Waals surface area contributed by atoms with E-state index in [0.717, 1.165) is 51.9 Å². The van der Waals surface area contributed by atoms with Crippen LogP contribution in [0, 0.1) is 0 Å². The van der Waals surface area contributed by atoms with Crippen LogP contribution in [0.15, 0.2) is 10.6 Å². The van der Waals surface area contributed by atoms with E-state index in [4.69, 9.17) is 4.52 Å². The minimum Gasteiger partial charge on any atom is -0.393 e. The number of carbonyl (C=O) groups is 1. The van der Waals surface area contributed by atoms with Gasteiger partial charge in [0.15, 0.2) is 11.5 Å². The molecule has 0 saturated carbocycles.